The summed E-state index contributed by atoms with van der Waals surface area (Å²) >= 11 is 0. The van der Waals surface area contributed by atoms with Gasteiger partial charge in [-0.15, -0.1) is 0 Å². The Kier molecular flexibility index (Phi) is 3.38. The first-order chi connectivity index (χ1) is 11.3. The van der Waals surface area contributed by atoms with Crippen LogP contribution in [0.4, 0.5) is 5.82 Å². The number of benzene rings is 1. The lowest BCUT2D eigenvalue weighted by Crippen LogP contribution is -2.36. The number of nitrogens with zero attached hydrogens (tertiary/aromatic N) is 3. The molecular formula is C17H19N5O. The van der Waals surface area contributed by atoms with Crippen LogP contribution in [-0.2, 0) is 0 Å². The molecule has 0 spiro atoms. The second-order valence-corrected chi connectivity index (χ2v) is 5.89. The number of pyridine rings is 1. The van der Waals surface area contributed by atoms with E-state index in [0.29, 0.717) is 11.3 Å². The van der Waals surface area contributed by atoms with Gasteiger partial charge >= 0.3 is 5.69 Å². The second kappa shape index (κ2) is 5.55. The highest BCUT2D eigenvalue weighted by Crippen LogP contribution is 2.26. The number of nitrogens with two attached hydrogens (primary N) is 1. The number of hydrogen-bond donors (Lipinski definition) is 2. The minimum absolute atomic E-state index is 0.0559. The molecule has 2 aromatic heterocycles. The van der Waals surface area contributed by atoms with Crippen LogP contribution in [0.15, 0.2) is 47.4 Å². The first kappa shape index (κ1) is 14.0. The molecule has 0 unspecified atom stereocenters. The second-order valence-electron chi connectivity index (χ2n) is 5.89. The van der Waals surface area contributed by atoms with Crippen LogP contribution in [0.3, 0.4) is 0 Å². The average molecular weight is 309 g/mol. The maximum atomic E-state index is 13.2. The van der Waals surface area contributed by atoms with Gasteiger partial charge in [-0.25, -0.2) is 9.78 Å². The summed E-state index contributed by atoms with van der Waals surface area (Å²) in [6, 6.07) is 11.6. The van der Waals surface area contributed by atoms with Gasteiger partial charge in [0.15, 0.2) is 0 Å². The van der Waals surface area contributed by atoms with Crippen molar-refractivity contribution >= 4 is 16.9 Å². The normalized spacial score (nSPS) is 18.3. The number of anilines is 1. The molecule has 1 aliphatic rings. The van der Waals surface area contributed by atoms with Gasteiger partial charge in [0.25, 0.3) is 0 Å². The van der Waals surface area contributed by atoms with Crippen LogP contribution in [0, 0.1) is 0 Å². The quantitative estimate of drug-likeness (QED) is 0.755. The fourth-order valence-electron chi connectivity index (χ4n) is 3.41. The Morgan fingerprint density at radius 3 is 2.78 bits per heavy atom. The van der Waals surface area contributed by atoms with Gasteiger partial charge in [0.1, 0.15) is 11.3 Å². The lowest BCUT2D eigenvalue weighted by molar-refractivity contribution is 0.370. The molecule has 6 nitrogen and oxygen atoms in total. The molecule has 0 saturated carbocycles. The Morgan fingerprint density at radius 1 is 1.22 bits per heavy atom. The van der Waals surface area contributed by atoms with Crippen LogP contribution >= 0.6 is 0 Å². The standard InChI is InChI=1S/C17H19N5O/c18-16-15-14(8-10-20-16)21(13-7-4-9-19-11-13)17(23)22(15)12-5-2-1-3-6-12/h1-3,5-6,8,10,13,19H,4,7,9,11H2,(H2,18,20)/t13-/m1/s1. The Hall–Kier alpha value is -2.60. The molecule has 0 radical (unpaired) electrons. The van der Waals surface area contributed by atoms with E-state index < -0.39 is 0 Å². The number of rotatable bonds is 2. The molecular weight excluding hydrogens is 290 g/mol. The molecule has 6 heteroatoms. The number of piperidine rings is 1. The van der Waals surface area contributed by atoms with Crippen LogP contribution in [0.2, 0.25) is 0 Å². The summed E-state index contributed by atoms with van der Waals surface area (Å²) in [7, 11) is 0. The van der Waals surface area contributed by atoms with Gasteiger partial charge in [-0.1, -0.05) is 18.2 Å². The lowest BCUT2D eigenvalue weighted by atomic mass is 10.1. The van der Waals surface area contributed by atoms with Gasteiger partial charge < -0.3 is 11.1 Å². The third-order valence-electron chi connectivity index (χ3n) is 4.46. The van der Waals surface area contributed by atoms with Crippen molar-refractivity contribution in [3.63, 3.8) is 0 Å². The summed E-state index contributed by atoms with van der Waals surface area (Å²) in [5, 5.41) is 3.37. The van der Waals surface area contributed by atoms with Crippen molar-refractivity contribution in [1.29, 1.82) is 0 Å². The van der Waals surface area contributed by atoms with Crippen LogP contribution in [0.5, 0.6) is 0 Å². The number of nitrogens with one attached hydrogen (secondary N) is 1. The number of nitrogen functional groups attached to an aromatic ring is 1. The van der Waals surface area contributed by atoms with E-state index in [4.69, 9.17) is 5.73 Å². The zero-order valence-corrected chi connectivity index (χ0v) is 12.8. The van der Waals surface area contributed by atoms with Crippen LogP contribution in [-0.4, -0.2) is 27.2 Å². The molecule has 23 heavy (non-hydrogen) atoms. The SMILES string of the molecule is Nc1nccc2c1n(-c1ccccc1)c(=O)n2[C@@H]1CCCNC1. The van der Waals surface area contributed by atoms with Crippen LogP contribution in [0.1, 0.15) is 18.9 Å². The van der Waals surface area contributed by atoms with Crippen molar-refractivity contribution < 1.29 is 0 Å². The number of aromatic nitrogens is 3. The lowest BCUT2D eigenvalue weighted by Gasteiger charge is -2.23. The molecule has 0 bridgehead atoms. The van der Waals surface area contributed by atoms with Crippen LogP contribution in [0.25, 0.3) is 16.7 Å². The minimum Gasteiger partial charge on any atom is -0.382 e. The van der Waals surface area contributed by atoms with Crippen molar-refractivity contribution in [2.45, 2.75) is 18.9 Å². The van der Waals surface area contributed by atoms with E-state index in [-0.39, 0.29) is 11.7 Å². The summed E-state index contributed by atoms with van der Waals surface area (Å²) < 4.78 is 3.54. The van der Waals surface area contributed by atoms with E-state index in [1.54, 1.807) is 10.8 Å². The molecule has 4 rings (SSSR count). The van der Waals surface area contributed by atoms with Gasteiger partial charge in [-0.2, -0.15) is 0 Å². The van der Waals surface area contributed by atoms with Crippen molar-refractivity contribution in [2.75, 3.05) is 18.8 Å². The average Bonchev–Trinajstić information content (AvgIpc) is 2.90. The predicted molar refractivity (Wildman–Crippen MR) is 90.9 cm³/mol. The van der Waals surface area contributed by atoms with Crippen molar-refractivity contribution in [3.8, 4) is 5.69 Å². The van der Waals surface area contributed by atoms with Gasteiger partial charge in [-0.05, 0) is 37.6 Å². The molecule has 1 fully saturated rings. The van der Waals surface area contributed by atoms with Crippen molar-refractivity contribution in [3.05, 3.63) is 53.1 Å². The Bertz CT molecular complexity index is 890. The van der Waals surface area contributed by atoms with E-state index in [1.165, 1.54) is 0 Å². The first-order valence-electron chi connectivity index (χ1n) is 7.91. The number of imidazole rings is 1. The molecule has 3 heterocycles. The molecule has 1 atom stereocenters. The summed E-state index contributed by atoms with van der Waals surface area (Å²) in [6.45, 7) is 1.81. The largest absolute Gasteiger partial charge is 0.382 e. The summed E-state index contributed by atoms with van der Waals surface area (Å²) in [5.74, 6) is 0.381. The van der Waals surface area contributed by atoms with Gasteiger partial charge in [0.05, 0.1) is 17.2 Å². The zero-order chi connectivity index (χ0) is 15.8. The van der Waals surface area contributed by atoms with Gasteiger partial charge in [-0.3, -0.25) is 9.13 Å². The van der Waals surface area contributed by atoms with Crippen molar-refractivity contribution in [2.24, 2.45) is 0 Å². The van der Waals surface area contributed by atoms with E-state index in [9.17, 15) is 4.79 Å². The monoisotopic (exact) mass is 309 g/mol. The fraction of sp³-hybridized carbons (Fsp3) is 0.294. The molecule has 118 valence electrons. The molecule has 0 amide bonds. The molecule has 1 aliphatic heterocycles. The predicted octanol–water partition coefficient (Wildman–Crippen LogP) is 1.69. The fourth-order valence-corrected chi connectivity index (χ4v) is 3.41. The maximum absolute atomic E-state index is 13.2. The first-order valence-corrected chi connectivity index (χ1v) is 7.91. The third-order valence-corrected chi connectivity index (χ3v) is 4.46. The molecule has 3 aromatic rings. The molecule has 1 saturated heterocycles. The van der Waals surface area contributed by atoms with E-state index in [2.05, 4.69) is 10.3 Å². The van der Waals surface area contributed by atoms with Crippen LogP contribution < -0.4 is 16.7 Å². The highest BCUT2D eigenvalue weighted by molar-refractivity contribution is 5.87. The van der Waals surface area contributed by atoms with Crippen molar-refractivity contribution in [1.82, 2.24) is 19.4 Å². The highest BCUT2D eigenvalue weighted by atomic mass is 16.1. The van der Waals surface area contributed by atoms with Gasteiger partial charge in [0, 0.05) is 12.7 Å². The molecule has 1 aromatic carbocycles. The van der Waals surface area contributed by atoms with E-state index in [0.717, 1.165) is 37.1 Å². The highest BCUT2D eigenvalue weighted by Gasteiger charge is 2.24. The Labute approximate surface area is 133 Å². The Balaban J connectivity index is 2.03. The smallest absolute Gasteiger partial charge is 0.334 e. The third kappa shape index (κ3) is 2.22. The number of fused-ring (bicyclic) bond motifs is 1. The van der Waals surface area contributed by atoms with E-state index >= 15 is 0 Å². The molecule has 3 N–H and O–H groups in total. The topological polar surface area (TPSA) is 77.9 Å². The minimum atomic E-state index is -0.0559. The van der Waals surface area contributed by atoms with Gasteiger partial charge in [0.2, 0.25) is 0 Å². The number of hydrogen-bond acceptors (Lipinski definition) is 4. The Morgan fingerprint density at radius 2 is 2.04 bits per heavy atom. The summed E-state index contributed by atoms with van der Waals surface area (Å²) in [4.78, 5) is 17.3. The molecule has 0 aliphatic carbocycles. The summed E-state index contributed by atoms with van der Waals surface area (Å²) in [5.41, 5.74) is 8.40. The number of para-hydroxylation sites is 1. The maximum Gasteiger partial charge on any atom is 0.334 e. The summed E-state index contributed by atoms with van der Waals surface area (Å²) in [6.07, 6.45) is 3.72. The zero-order valence-electron chi connectivity index (χ0n) is 12.8. The van der Waals surface area contributed by atoms with E-state index in [1.807, 2.05) is 41.0 Å².